The lowest BCUT2D eigenvalue weighted by atomic mass is 10.0. The van der Waals surface area contributed by atoms with Crippen molar-refractivity contribution in [2.75, 3.05) is 37.6 Å². The maximum absolute atomic E-state index is 14.0. The molecule has 3 amide bonds. The number of likely N-dealkylation sites (tertiary alicyclic amines) is 1. The second-order valence-electron chi connectivity index (χ2n) is 11.7. The minimum atomic E-state index is -0.891. The number of halogens is 1. The second-order valence-corrected chi connectivity index (χ2v) is 12.1. The lowest BCUT2D eigenvalue weighted by Crippen LogP contribution is -2.55. The molecule has 0 aliphatic carbocycles. The van der Waals surface area contributed by atoms with Crippen LogP contribution in [0.2, 0.25) is 5.02 Å². The quantitative estimate of drug-likeness (QED) is 0.308. The summed E-state index contributed by atoms with van der Waals surface area (Å²) in [5, 5.41) is 3.82. The van der Waals surface area contributed by atoms with Gasteiger partial charge in [-0.2, -0.15) is 0 Å². The Balaban J connectivity index is 1.18. The zero-order valence-electron chi connectivity index (χ0n) is 25.1. The van der Waals surface area contributed by atoms with Crippen molar-refractivity contribution in [2.24, 2.45) is 0 Å². The third-order valence-electron chi connectivity index (χ3n) is 8.52. The van der Waals surface area contributed by atoms with Gasteiger partial charge in [-0.25, -0.2) is 0 Å². The van der Waals surface area contributed by atoms with E-state index in [9.17, 15) is 19.2 Å². The largest absolute Gasteiger partial charge is 0.451 e. The van der Waals surface area contributed by atoms with Crippen molar-refractivity contribution in [2.45, 2.75) is 38.8 Å². The number of carbonyl (C=O) groups is 3. The van der Waals surface area contributed by atoms with E-state index in [4.69, 9.17) is 16.0 Å². The Kier molecular flexibility index (Phi) is 8.89. The first kappa shape index (κ1) is 30.4. The van der Waals surface area contributed by atoms with Crippen molar-refractivity contribution >= 4 is 46.0 Å². The fraction of sp³-hybridized carbons (Fsp3) is 0.314. The first-order valence-corrected chi connectivity index (χ1v) is 15.6. The third kappa shape index (κ3) is 6.88. The van der Waals surface area contributed by atoms with Gasteiger partial charge in [0, 0.05) is 68.9 Å². The Labute approximate surface area is 266 Å². The summed E-state index contributed by atoms with van der Waals surface area (Å²) in [4.78, 5) is 58.3. The maximum atomic E-state index is 14.0. The van der Waals surface area contributed by atoms with Gasteiger partial charge < -0.3 is 24.4 Å². The SMILES string of the molecule is Cc1ccc2oc(C(=O)N[C@H](Cc3ccc(Cl)cc3)C(=O)N3CCN(c4ccccc4CN4CCCC4=O)CC3)cc(=O)c2c1. The molecule has 2 aliphatic rings. The molecule has 0 saturated carbocycles. The van der Waals surface area contributed by atoms with Crippen LogP contribution in [-0.4, -0.2) is 66.3 Å². The van der Waals surface area contributed by atoms with Gasteiger partial charge in [-0.1, -0.05) is 53.6 Å². The molecule has 4 aromatic rings. The molecule has 2 fully saturated rings. The predicted octanol–water partition coefficient (Wildman–Crippen LogP) is 4.57. The standard InChI is InChI=1S/C35H35ClN4O5/c1-23-8-13-31-27(19-23)30(41)21-32(45-31)34(43)37-28(20-24-9-11-26(36)12-10-24)35(44)39-17-15-38(16-18-39)29-6-3-2-5-25(29)22-40-14-4-7-33(40)42/h2-3,5-6,8-13,19,21,28H,4,7,14-18,20,22H2,1H3,(H,37,43)/t28-/m1/s1. The molecule has 3 aromatic carbocycles. The van der Waals surface area contributed by atoms with Crippen LogP contribution in [-0.2, 0) is 22.6 Å². The van der Waals surface area contributed by atoms with Gasteiger partial charge in [-0.3, -0.25) is 19.2 Å². The number of carbonyl (C=O) groups excluding carboxylic acids is 3. The summed E-state index contributed by atoms with van der Waals surface area (Å²) < 4.78 is 5.79. The van der Waals surface area contributed by atoms with Gasteiger partial charge in [-0.15, -0.1) is 0 Å². The molecule has 6 rings (SSSR count). The highest BCUT2D eigenvalue weighted by Gasteiger charge is 2.31. The number of aryl methyl sites for hydroxylation is 1. The highest BCUT2D eigenvalue weighted by Crippen LogP contribution is 2.26. The summed E-state index contributed by atoms with van der Waals surface area (Å²) in [6.45, 7) is 5.38. The van der Waals surface area contributed by atoms with E-state index in [-0.39, 0.29) is 29.4 Å². The highest BCUT2D eigenvalue weighted by molar-refractivity contribution is 6.30. The number of nitrogens with zero attached hydrogens (tertiary/aromatic N) is 3. The van der Waals surface area contributed by atoms with Crippen LogP contribution in [0.15, 0.2) is 82.0 Å². The minimum absolute atomic E-state index is 0.150. The van der Waals surface area contributed by atoms with Gasteiger partial charge in [0.15, 0.2) is 11.2 Å². The number of piperazine rings is 1. The van der Waals surface area contributed by atoms with Gasteiger partial charge in [-0.05, 0) is 54.8 Å². The predicted molar refractivity (Wildman–Crippen MR) is 174 cm³/mol. The lowest BCUT2D eigenvalue weighted by Gasteiger charge is -2.38. The Hall–Kier alpha value is -4.63. The van der Waals surface area contributed by atoms with E-state index in [1.807, 2.05) is 42.2 Å². The summed E-state index contributed by atoms with van der Waals surface area (Å²) in [6.07, 6.45) is 1.73. The van der Waals surface area contributed by atoms with Crippen LogP contribution in [0.5, 0.6) is 0 Å². The van der Waals surface area contributed by atoms with Crippen molar-refractivity contribution in [3.05, 3.63) is 110 Å². The van der Waals surface area contributed by atoms with Crippen molar-refractivity contribution in [1.29, 1.82) is 0 Å². The second kappa shape index (κ2) is 13.2. The molecule has 1 aromatic heterocycles. The number of benzene rings is 3. The number of hydrogen-bond acceptors (Lipinski definition) is 6. The maximum Gasteiger partial charge on any atom is 0.287 e. The molecular weight excluding hydrogens is 592 g/mol. The zero-order chi connectivity index (χ0) is 31.5. The molecule has 0 spiro atoms. The van der Waals surface area contributed by atoms with E-state index < -0.39 is 11.9 Å². The molecule has 9 nitrogen and oxygen atoms in total. The van der Waals surface area contributed by atoms with Gasteiger partial charge in [0.25, 0.3) is 5.91 Å². The monoisotopic (exact) mass is 626 g/mol. The topological polar surface area (TPSA) is 103 Å². The Morgan fingerprint density at radius 3 is 2.42 bits per heavy atom. The van der Waals surface area contributed by atoms with Crippen LogP contribution in [0.4, 0.5) is 5.69 Å². The van der Waals surface area contributed by atoms with E-state index in [1.54, 1.807) is 29.2 Å². The molecule has 2 aliphatic heterocycles. The third-order valence-corrected chi connectivity index (χ3v) is 8.77. The number of amides is 3. The van der Waals surface area contributed by atoms with Crippen molar-refractivity contribution < 1.29 is 18.8 Å². The molecule has 0 radical (unpaired) electrons. The zero-order valence-corrected chi connectivity index (χ0v) is 25.9. The minimum Gasteiger partial charge on any atom is -0.451 e. The van der Waals surface area contributed by atoms with Gasteiger partial charge in [0.05, 0.1) is 5.39 Å². The fourth-order valence-corrected chi connectivity index (χ4v) is 6.21. The number of para-hydroxylation sites is 1. The Morgan fingerprint density at radius 1 is 0.933 bits per heavy atom. The van der Waals surface area contributed by atoms with E-state index in [0.29, 0.717) is 55.1 Å². The number of hydrogen-bond donors (Lipinski definition) is 1. The number of rotatable bonds is 8. The van der Waals surface area contributed by atoms with Crippen molar-refractivity contribution in [1.82, 2.24) is 15.1 Å². The lowest BCUT2D eigenvalue weighted by molar-refractivity contribution is -0.133. The van der Waals surface area contributed by atoms with Crippen LogP contribution < -0.4 is 15.6 Å². The van der Waals surface area contributed by atoms with Crippen LogP contribution in [0, 0.1) is 6.92 Å². The van der Waals surface area contributed by atoms with E-state index in [2.05, 4.69) is 22.3 Å². The molecule has 45 heavy (non-hydrogen) atoms. The highest BCUT2D eigenvalue weighted by atomic mass is 35.5. The number of fused-ring (bicyclic) bond motifs is 1. The Morgan fingerprint density at radius 2 is 1.69 bits per heavy atom. The molecule has 3 heterocycles. The van der Waals surface area contributed by atoms with Gasteiger partial charge in [0.2, 0.25) is 11.8 Å². The smallest absolute Gasteiger partial charge is 0.287 e. The summed E-state index contributed by atoms with van der Waals surface area (Å²) in [5.41, 5.74) is 3.88. The molecule has 232 valence electrons. The average molecular weight is 627 g/mol. The summed E-state index contributed by atoms with van der Waals surface area (Å²) in [7, 11) is 0. The molecular formula is C35H35ClN4O5. The summed E-state index contributed by atoms with van der Waals surface area (Å²) in [5.74, 6) is -0.811. The van der Waals surface area contributed by atoms with Crippen LogP contribution in [0.1, 0.15) is 40.1 Å². The molecule has 10 heteroatoms. The van der Waals surface area contributed by atoms with Gasteiger partial charge >= 0.3 is 0 Å². The Bertz CT molecular complexity index is 1800. The molecule has 0 bridgehead atoms. The van der Waals surface area contributed by atoms with E-state index in [1.165, 1.54) is 6.07 Å². The molecule has 0 unspecified atom stereocenters. The molecule has 2 saturated heterocycles. The normalized spacial score (nSPS) is 15.9. The molecule has 1 N–H and O–H groups in total. The van der Waals surface area contributed by atoms with Crippen LogP contribution in [0.25, 0.3) is 11.0 Å². The summed E-state index contributed by atoms with van der Waals surface area (Å²) in [6, 6.07) is 20.7. The summed E-state index contributed by atoms with van der Waals surface area (Å²) >= 11 is 6.09. The van der Waals surface area contributed by atoms with Crippen LogP contribution >= 0.6 is 11.6 Å². The molecule has 1 atom stereocenters. The fourth-order valence-electron chi connectivity index (χ4n) is 6.09. The number of anilines is 1. The first-order valence-electron chi connectivity index (χ1n) is 15.2. The number of nitrogens with one attached hydrogen (secondary N) is 1. The van der Waals surface area contributed by atoms with Crippen molar-refractivity contribution in [3.8, 4) is 0 Å². The first-order chi connectivity index (χ1) is 21.7. The average Bonchev–Trinajstić information content (AvgIpc) is 3.45. The van der Waals surface area contributed by atoms with Crippen LogP contribution in [0.3, 0.4) is 0 Å². The van der Waals surface area contributed by atoms with Gasteiger partial charge in [0.1, 0.15) is 11.6 Å². The van der Waals surface area contributed by atoms with Crippen molar-refractivity contribution in [3.63, 3.8) is 0 Å². The van der Waals surface area contributed by atoms with E-state index >= 15 is 0 Å². The van der Waals surface area contributed by atoms with E-state index in [0.717, 1.165) is 35.3 Å².